The SMILES string of the molecule is NC(=O)NC(=O)CNc1ccc(Cl)c(C(N)=O)c1. The van der Waals surface area contributed by atoms with E-state index in [-0.39, 0.29) is 17.1 Å². The number of hydrogen-bond donors (Lipinski definition) is 4. The average molecular weight is 271 g/mol. The summed E-state index contributed by atoms with van der Waals surface area (Å²) in [5, 5.41) is 4.78. The number of carbonyl (C=O) groups excluding carboxylic acids is 3. The zero-order valence-corrected chi connectivity index (χ0v) is 9.95. The predicted molar refractivity (Wildman–Crippen MR) is 66.2 cm³/mol. The lowest BCUT2D eigenvalue weighted by Gasteiger charge is -2.07. The molecule has 18 heavy (non-hydrogen) atoms. The van der Waals surface area contributed by atoms with Gasteiger partial charge in [-0.15, -0.1) is 0 Å². The van der Waals surface area contributed by atoms with Gasteiger partial charge in [-0.1, -0.05) is 11.6 Å². The molecule has 8 heteroatoms. The van der Waals surface area contributed by atoms with Gasteiger partial charge >= 0.3 is 6.03 Å². The molecule has 0 spiro atoms. The van der Waals surface area contributed by atoms with Crippen molar-refractivity contribution in [3.8, 4) is 0 Å². The Balaban J connectivity index is 2.69. The molecule has 1 aromatic rings. The van der Waals surface area contributed by atoms with Gasteiger partial charge in [-0.05, 0) is 18.2 Å². The van der Waals surface area contributed by atoms with Crippen molar-refractivity contribution < 1.29 is 14.4 Å². The molecule has 0 radical (unpaired) electrons. The standard InChI is InChI=1S/C10H11ClN4O3/c11-7-2-1-5(3-6(7)9(12)17)14-4-8(16)15-10(13)18/h1-3,14H,4H2,(H2,12,17)(H3,13,15,16,18). The maximum absolute atomic E-state index is 11.1. The minimum atomic E-state index is -0.935. The van der Waals surface area contributed by atoms with Crippen molar-refractivity contribution in [1.82, 2.24) is 5.32 Å². The maximum atomic E-state index is 11.1. The number of halogens is 1. The van der Waals surface area contributed by atoms with Gasteiger partial charge in [0.2, 0.25) is 11.8 Å². The van der Waals surface area contributed by atoms with Crippen molar-refractivity contribution in [2.24, 2.45) is 11.5 Å². The van der Waals surface area contributed by atoms with Gasteiger partial charge in [-0.25, -0.2) is 4.79 Å². The van der Waals surface area contributed by atoms with Crippen molar-refractivity contribution in [2.45, 2.75) is 0 Å². The number of hydrogen-bond acceptors (Lipinski definition) is 4. The third kappa shape index (κ3) is 3.95. The van der Waals surface area contributed by atoms with Crippen molar-refractivity contribution in [2.75, 3.05) is 11.9 Å². The summed E-state index contributed by atoms with van der Waals surface area (Å²) in [4.78, 5) is 32.5. The summed E-state index contributed by atoms with van der Waals surface area (Å²) in [5.41, 5.74) is 10.5. The van der Waals surface area contributed by atoms with Crippen molar-refractivity contribution in [3.63, 3.8) is 0 Å². The van der Waals surface area contributed by atoms with Crippen LogP contribution in [0.25, 0.3) is 0 Å². The molecule has 0 aliphatic heterocycles. The van der Waals surface area contributed by atoms with Gasteiger partial charge in [0.15, 0.2) is 0 Å². The Morgan fingerprint density at radius 2 is 1.89 bits per heavy atom. The van der Waals surface area contributed by atoms with E-state index in [1.54, 1.807) is 6.07 Å². The molecule has 0 saturated heterocycles. The summed E-state index contributed by atoms with van der Waals surface area (Å²) in [6.07, 6.45) is 0. The lowest BCUT2D eigenvalue weighted by atomic mass is 10.2. The van der Waals surface area contributed by atoms with Gasteiger partial charge < -0.3 is 16.8 Å². The highest BCUT2D eigenvalue weighted by Gasteiger charge is 2.08. The molecule has 6 N–H and O–H groups in total. The van der Waals surface area contributed by atoms with E-state index in [1.165, 1.54) is 12.1 Å². The van der Waals surface area contributed by atoms with E-state index in [0.717, 1.165) is 0 Å². The molecule has 0 aliphatic carbocycles. The van der Waals surface area contributed by atoms with E-state index in [9.17, 15) is 14.4 Å². The quantitative estimate of drug-likeness (QED) is 0.616. The maximum Gasteiger partial charge on any atom is 0.318 e. The van der Waals surface area contributed by atoms with E-state index >= 15 is 0 Å². The second-order valence-electron chi connectivity index (χ2n) is 3.32. The molecule has 0 atom stereocenters. The first-order valence-corrected chi connectivity index (χ1v) is 5.20. The number of urea groups is 1. The molecule has 0 fully saturated rings. The molecular weight excluding hydrogens is 260 g/mol. The Kier molecular flexibility index (Phi) is 4.50. The second kappa shape index (κ2) is 5.87. The molecule has 0 bridgehead atoms. The first kappa shape index (κ1) is 13.8. The first-order valence-electron chi connectivity index (χ1n) is 4.82. The zero-order valence-electron chi connectivity index (χ0n) is 9.20. The normalized spacial score (nSPS) is 9.61. The van der Waals surface area contributed by atoms with Crippen LogP contribution in [0.15, 0.2) is 18.2 Å². The summed E-state index contributed by atoms with van der Waals surface area (Å²) in [6, 6.07) is 3.50. The number of primary amides is 2. The number of carbonyl (C=O) groups is 3. The lowest BCUT2D eigenvalue weighted by molar-refractivity contribution is -0.118. The zero-order chi connectivity index (χ0) is 13.7. The third-order valence-electron chi connectivity index (χ3n) is 1.95. The summed E-state index contributed by atoms with van der Waals surface area (Å²) in [7, 11) is 0. The number of anilines is 1. The van der Waals surface area contributed by atoms with Crippen LogP contribution < -0.4 is 22.1 Å². The number of nitrogens with one attached hydrogen (secondary N) is 2. The van der Waals surface area contributed by atoms with Crippen LogP contribution in [0.1, 0.15) is 10.4 Å². The Labute approximate surface area is 107 Å². The van der Waals surface area contributed by atoms with E-state index in [1.807, 2.05) is 5.32 Å². The van der Waals surface area contributed by atoms with Gasteiger partial charge in [0.25, 0.3) is 0 Å². The highest BCUT2D eigenvalue weighted by molar-refractivity contribution is 6.33. The molecule has 96 valence electrons. The fourth-order valence-electron chi connectivity index (χ4n) is 1.19. The molecule has 0 unspecified atom stereocenters. The van der Waals surface area contributed by atoms with E-state index < -0.39 is 17.8 Å². The summed E-state index contributed by atoms with van der Waals surface area (Å²) in [5.74, 6) is -1.27. The Hall–Kier alpha value is -2.28. The molecule has 0 heterocycles. The van der Waals surface area contributed by atoms with Crippen LogP contribution in [0.3, 0.4) is 0 Å². The largest absolute Gasteiger partial charge is 0.376 e. The number of imide groups is 1. The second-order valence-corrected chi connectivity index (χ2v) is 3.73. The van der Waals surface area contributed by atoms with Gasteiger partial charge in [0.05, 0.1) is 17.1 Å². The number of benzene rings is 1. The fourth-order valence-corrected chi connectivity index (χ4v) is 1.40. The molecule has 7 nitrogen and oxygen atoms in total. The molecule has 0 aromatic heterocycles. The summed E-state index contributed by atoms with van der Waals surface area (Å²) in [6.45, 7) is -0.178. The average Bonchev–Trinajstić information content (AvgIpc) is 2.26. The van der Waals surface area contributed by atoms with E-state index in [0.29, 0.717) is 5.69 Å². The molecular formula is C10H11ClN4O3. The number of amides is 4. The number of nitrogens with two attached hydrogens (primary N) is 2. The van der Waals surface area contributed by atoms with Crippen LogP contribution >= 0.6 is 11.6 Å². The van der Waals surface area contributed by atoms with Crippen LogP contribution in [-0.4, -0.2) is 24.4 Å². The lowest BCUT2D eigenvalue weighted by Crippen LogP contribution is -2.38. The predicted octanol–water partition coefficient (Wildman–Crippen LogP) is 0.0457. The van der Waals surface area contributed by atoms with Gasteiger partial charge in [-0.2, -0.15) is 0 Å². The number of rotatable bonds is 4. The molecule has 4 amide bonds. The van der Waals surface area contributed by atoms with Crippen LogP contribution in [0.4, 0.5) is 10.5 Å². The van der Waals surface area contributed by atoms with E-state index in [2.05, 4.69) is 5.32 Å². The Morgan fingerprint density at radius 3 is 2.44 bits per heavy atom. The summed E-state index contributed by atoms with van der Waals surface area (Å²) < 4.78 is 0. The summed E-state index contributed by atoms with van der Waals surface area (Å²) >= 11 is 5.75. The van der Waals surface area contributed by atoms with Gasteiger partial charge in [0, 0.05) is 5.69 Å². The minimum Gasteiger partial charge on any atom is -0.376 e. The van der Waals surface area contributed by atoms with Crippen molar-refractivity contribution >= 4 is 35.1 Å². The van der Waals surface area contributed by atoms with Gasteiger partial charge in [0.1, 0.15) is 0 Å². The minimum absolute atomic E-state index is 0.136. The van der Waals surface area contributed by atoms with Gasteiger partial charge in [-0.3, -0.25) is 14.9 Å². The Bertz CT molecular complexity index is 504. The highest BCUT2D eigenvalue weighted by atomic mass is 35.5. The topological polar surface area (TPSA) is 127 Å². The van der Waals surface area contributed by atoms with Crippen molar-refractivity contribution in [1.29, 1.82) is 0 Å². The molecule has 0 aliphatic rings. The van der Waals surface area contributed by atoms with Crippen LogP contribution in [0.2, 0.25) is 5.02 Å². The molecule has 0 saturated carbocycles. The smallest absolute Gasteiger partial charge is 0.318 e. The fraction of sp³-hybridized carbons (Fsp3) is 0.100. The first-order chi connectivity index (χ1) is 8.40. The Morgan fingerprint density at radius 1 is 1.22 bits per heavy atom. The third-order valence-corrected chi connectivity index (χ3v) is 2.28. The van der Waals surface area contributed by atoms with Crippen LogP contribution in [0, 0.1) is 0 Å². The van der Waals surface area contributed by atoms with Crippen LogP contribution in [-0.2, 0) is 4.79 Å². The monoisotopic (exact) mass is 270 g/mol. The molecule has 1 rings (SSSR count). The van der Waals surface area contributed by atoms with E-state index in [4.69, 9.17) is 23.1 Å². The molecule has 1 aromatic carbocycles. The highest BCUT2D eigenvalue weighted by Crippen LogP contribution is 2.19. The van der Waals surface area contributed by atoms with Crippen LogP contribution in [0.5, 0.6) is 0 Å². The van der Waals surface area contributed by atoms with Crippen molar-refractivity contribution in [3.05, 3.63) is 28.8 Å².